The highest BCUT2D eigenvalue weighted by molar-refractivity contribution is 7.92. The summed E-state index contributed by atoms with van der Waals surface area (Å²) in [5.74, 6) is -1.83. The fourth-order valence-corrected chi connectivity index (χ4v) is 2.80. The van der Waals surface area contributed by atoms with E-state index in [0.29, 0.717) is 4.31 Å². The molecule has 0 fully saturated rings. The van der Waals surface area contributed by atoms with Crippen molar-refractivity contribution < 1.29 is 22.3 Å². The molecule has 8 heteroatoms. The van der Waals surface area contributed by atoms with Crippen molar-refractivity contribution in [1.29, 1.82) is 0 Å². The van der Waals surface area contributed by atoms with Gasteiger partial charge >= 0.3 is 5.97 Å². The average Bonchev–Trinajstić information content (AvgIpc) is 2.38. The van der Waals surface area contributed by atoms with Crippen LogP contribution < -0.4 is 4.31 Å². The number of hydrogen-bond acceptors (Lipinski definition) is 4. The molecule has 1 aromatic rings. The normalized spacial score (nSPS) is 11.5. The van der Waals surface area contributed by atoms with Gasteiger partial charge in [0.2, 0.25) is 10.0 Å². The van der Waals surface area contributed by atoms with Crippen LogP contribution in [0.4, 0.5) is 10.1 Å². The van der Waals surface area contributed by atoms with Gasteiger partial charge in [-0.3, -0.25) is 9.10 Å². The van der Waals surface area contributed by atoms with Gasteiger partial charge in [0.05, 0.1) is 17.5 Å². The van der Waals surface area contributed by atoms with Crippen LogP contribution in [0.1, 0.15) is 20.8 Å². The highest BCUT2D eigenvalue weighted by atomic mass is 35.5. The third-order valence-corrected chi connectivity index (χ3v) is 4.48. The van der Waals surface area contributed by atoms with E-state index in [4.69, 9.17) is 16.3 Å². The van der Waals surface area contributed by atoms with Crippen LogP contribution in [0.2, 0.25) is 5.02 Å². The van der Waals surface area contributed by atoms with Gasteiger partial charge in [-0.25, -0.2) is 12.8 Å². The van der Waals surface area contributed by atoms with E-state index in [2.05, 4.69) is 0 Å². The van der Waals surface area contributed by atoms with Crippen molar-refractivity contribution >= 4 is 33.3 Å². The summed E-state index contributed by atoms with van der Waals surface area (Å²) >= 11 is 5.77. The van der Waals surface area contributed by atoms with Crippen molar-refractivity contribution in [3.8, 4) is 0 Å². The lowest BCUT2D eigenvalue weighted by atomic mass is 10.3. The number of sulfonamides is 1. The van der Waals surface area contributed by atoms with E-state index in [1.165, 1.54) is 13.0 Å². The van der Waals surface area contributed by atoms with E-state index < -0.39 is 34.5 Å². The molecule has 0 saturated heterocycles. The first-order valence-electron chi connectivity index (χ1n) is 6.32. The lowest BCUT2D eigenvalue weighted by molar-refractivity contribution is -0.145. The Morgan fingerprint density at radius 1 is 1.43 bits per heavy atom. The van der Waals surface area contributed by atoms with Gasteiger partial charge in [0.15, 0.2) is 0 Å². The molecule has 0 unspecified atom stereocenters. The number of rotatable bonds is 6. The number of ether oxygens (including phenoxy) is 1. The van der Waals surface area contributed by atoms with E-state index in [0.717, 1.165) is 12.1 Å². The molecule has 0 bridgehead atoms. The van der Waals surface area contributed by atoms with Gasteiger partial charge in [0.1, 0.15) is 12.4 Å². The largest absolute Gasteiger partial charge is 0.462 e. The Morgan fingerprint density at radius 2 is 2.05 bits per heavy atom. The van der Waals surface area contributed by atoms with E-state index in [1.807, 2.05) is 0 Å². The maximum atomic E-state index is 13.9. The average molecular weight is 338 g/mol. The predicted molar refractivity (Wildman–Crippen MR) is 79.4 cm³/mol. The van der Waals surface area contributed by atoms with E-state index >= 15 is 0 Å². The molecule has 118 valence electrons. The Balaban J connectivity index is 3.21. The molecule has 1 rings (SSSR count). The molecule has 21 heavy (non-hydrogen) atoms. The molecule has 0 heterocycles. The smallest absolute Gasteiger partial charge is 0.327 e. The molecule has 0 aliphatic rings. The maximum Gasteiger partial charge on any atom is 0.327 e. The monoisotopic (exact) mass is 337 g/mol. The molecule has 1 aromatic carbocycles. The Bertz CT molecular complexity index is 619. The van der Waals surface area contributed by atoms with Gasteiger partial charge in [-0.2, -0.15) is 0 Å². The Labute approximate surface area is 128 Å². The summed E-state index contributed by atoms with van der Waals surface area (Å²) in [7, 11) is -3.85. The molecule has 0 spiro atoms. The molecule has 0 aromatic heterocycles. The van der Waals surface area contributed by atoms with Crippen LogP contribution in [0, 0.1) is 5.82 Å². The second-order valence-corrected chi connectivity index (χ2v) is 7.16. The zero-order chi connectivity index (χ0) is 16.2. The zero-order valence-corrected chi connectivity index (χ0v) is 13.5. The summed E-state index contributed by atoms with van der Waals surface area (Å²) < 4.78 is 43.7. The van der Waals surface area contributed by atoms with Gasteiger partial charge in [-0.05, 0) is 39.0 Å². The third-order valence-electron chi connectivity index (χ3n) is 2.52. The molecule has 0 radical (unpaired) electrons. The van der Waals surface area contributed by atoms with Crippen molar-refractivity contribution in [2.75, 3.05) is 16.6 Å². The number of benzene rings is 1. The second-order valence-electron chi connectivity index (χ2n) is 4.54. The Hall–Kier alpha value is -1.34. The molecular formula is C13H17ClFNO4S. The second kappa shape index (κ2) is 7.09. The van der Waals surface area contributed by atoms with Gasteiger partial charge in [-0.1, -0.05) is 11.6 Å². The zero-order valence-electron chi connectivity index (χ0n) is 12.0. The van der Waals surface area contributed by atoms with Crippen LogP contribution in [-0.4, -0.2) is 32.8 Å². The summed E-state index contributed by atoms with van der Waals surface area (Å²) in [6.45, 7) is 4.07. The van der Waals surface area contributed by atoms with Crippen LogP contribution in [0.15, 0.2) is 18.2 Å². The molecule has 0 N–H and O–H groups in total. The van der Waals surface area contributed by atoms with Gasteiger partial charge in [0.25, 0.3) is 0 Å². The molecule has 0 aliphatic carbocycles. The topological polar surface area (TPSA) is 63.7 Å². The van der Waals surface area contributed by atoms with Crippen molar-refractivity contribution in [3.63, 3.8) is 0 Å². The fraction of sp³-hybridized carbons (Fsp3) is 0.462. The molecule has 0 amide bonds. The maximum absolute atomic E-state index is 13.9. The Kier molecular flexibility index (Phi) is 5.98. The first-order valence-corrected chi connectivity index (χ1v) is 8.31. The lowest BCUT2D eigenvalue weighted by Crippen LogP contribution is -2.38. The van der Waals surface area contributed by atoms with E-state index in [-0.39, 0.29) is 16.5 Å². The van der Waals surface area contributed by atoms with Crippen molar-refractivity contribution in [2.24, 2.45) is 0 Å². The SMILES string of the molecule is CCS(=O)(=O)N(CC(=O)OC(C)C)c1cc(Cl)ccc1F. The minimum atomic E-state index is -3.85. The van der Waals surface area contributed by atoms with E-state index in [1.54, 1.807) is 13.8 Å². The van der Waals surface area contributed by atoms with Crippen LogP contribution >= 0.6 is 11.6 Å². The van der Waals surface area contributed by atoms with Crippen LogP contribution in [0.3, 0.4) is 0 Å². The molecule has 0 aliphatic heterocycles. The van der Waals surface area contributed by atoms with Gasteiger partial charge in [0, 0.05) is 5.02 Å². The number of hydrogen-bond donors (Lipinski definition) is 0. The number of anilines is 1. The molecule has 5 nitrogen and oxygen atoms in total. The summed E-state index contributed by atoms with van der Waals surface area (Å²) in [4.78, 5) is 11.7. The highest BCUT2D eigenvalue weighted by Crippen LogP contribution is 2.26. The predicted octanol–water partition coefficient (Wildman–Crippen LogP) is 2.59. The number of halogens is 2. The summed E-state index contributed by atoms with van der Waals surface area (Å²) in [6, 6.07) is 3.50. The standard InChI is InChI=1S/C13H17ClFNO4S/c1-4-21(18,19)16(8-13(17)20-9(2)3)12-7-10(14)5-6-11(12)15/h5-7,9H,4,8H2,1-3H3. The third kappa shape index (κ3) is 4.86. The summed E-state index contributed by atoms with van der Waals surface area (Å²) in [6.07, 6.45) is -0.395. The Morgan fingerprint density at radius 3 is 2.57 bits per heavy atom. The fourth-order valence-electron chi connectivity index (χ4n) is 1.58. The van der Waals surface area contributed by atoms with E-state index in [9.17, 15) is 17.6 Å². The lowest BCUT2D eigenvalue weighted by Gasteiger charge is -2.24. The molecule has 0 atom stereocenters. The minimum Gasteiger partial charge on any atom is -0.462 e. The number of nitrogens with zero attached hydrogens (tertiary/aromatic N) is 1. The quantitative estimate of drug-likeness (QED) is 0.748. The van der Waals surface area contributed by atoms with Gasteiger partial charge < -0.3 is 4.74 Å². The van der Waals surface area contributed by atoms with Gasteiger partial charge in [-0.15, -0.1) is 0 Å². The van der Waals surface area contributed by atoms with Crippen molar-refractivity contribution in [3.05, 3.63) is 29.0 Å². The van der Waals surface area contributed by atoms with Crippen molar-refractivity contribution in [1.82, 2.24) is 0 Å². The molecule has 0 saturated carbocycles. The highest BCUT2D eigenvalue weighted by Gasteiger charge is 2.27. The first kappa shape index (κ1) is 17.7. The summed E-state index contributed by atoms with van der Waals surface area (Å²) in [5.41, 5.74) is -0.273. The molecular weight excluding hydrogens is 321 g/mol. The van der Waals surface area contributed by atoms with Crippen molar-refractivity contribution in [2.45, 2.75) is 26.9 Å². The van der Waals surface area contributed by atoms with Crippen LogP contribution in [-0.2, 0) is 19.6 Å². The number of esters is 1. The van der Waals surface area contributed by atoms with Crippen LogP contribution in [0.5, 0.6) is 0 Å². The first-order chi connectivity index (χ1) is 9.67. The minimum absolute atomic E-state index is 0.167. The summed E-state index contributed by atoms with van der Waals surface area (Å²) in [5, 5.41) is 0.167. The number of carbonyl (C=O) groups is 1. The van der Waals surface area contributed by atoms with Crippen LogP contribution in [0.25, 0.3) is 0 Å². The number of carbonyl (C=O) groups excluding carboxylic acids is 1.